The van der Waals surface area contributed by atoms with Gasteiger partial charge in [0, 0.05) is 21.3 Å². The lowest BCUT2D eigenvalue weighted by atomic mass is 10.2. The molecule has 4 heteroatoms. The molecule has 0 unspecified atom stereocenters. The van der Waals surface area contributed by atoms with E-state index in [1.54, 1.807) is 0 Å². The van der Waals surface area contributed by atoms with Crippen LogP contribution in [0.3, 0.4) is 0 Å². The largest absolute Gasteiger partial charge is 0.320 e. The Hall–Kier alpha value is 0.1000. The molecule has 0 bridgehead atoms. The van der Waals surface area contributed by atoms with Crippen LogP contribution in [0.5, 0.6) is 0 Å². The van der Waals surface area contributed by atoms with E-state index in [0.717, 1.165) is 13.1 Å². The Morgan fingerprint density at radius 3 is 2.71 bits per heavy atom. The summed E-state index contributed by atoms with van der Waals surface area (Å²) in [6, 6.07) is 2.22. The summed E-state index contributed by atoms with van der Waals surface area (Å²) in [6.07, 6.45) is 5.31. The summed E-state index contributed by atoms with van der Waals surface area (Å²) in [5.74, 6) is 0. The predicted molar refractivity (Wildman–Crippen MR) is 80.7 cm³/mol. The quantitative estimate of drug-likeness (QED) is 0.698. The van der Waals surface area contributed by atoms with Gasteiger partial charge < -0.3 is 10.2 Å². The molecule has 1 aromatic rings. The number of hydrogen-bond donors (Lipinski definition) is 1. The maximum Gasteiger partial charge on any atom is 0.0325 e. The van der Waals surface area contributed by atoms with Crippen LogP contribution in [0, 0.1) is 0 Å². The Morgan fingerprint density at radius 2 is 2.06 bits per heavy atom. The Balaban J connectivity index is 2.03. The lowest BCUT2D eigenvalue weighted by Crippen LogP contribution is -2.18. The zero-order chi connectivity index (χ0) is 12.5. The molecule has 1 heterocycles. The van der Waals surface area contributed by atoms with Crippen LogP contribution in [0.25, 0.3) is 0 Å². The Kier molecular flexibility index (Phi) is 8.10. The first kappa shape index (κ1) is 15.2. The van der Waals surface area contributed by atoms with E-state index in [-0.39, 0.29) is 0 Å². The molecular formula is C13H23BrN2S. The standard InChI is InChI=1S/C13H23BrN2S/c1-15-7-5-3-4-6-8-16(2)10-13-9-12(14)11-17-13/h9,11,15H,3-8,10H2,1-2H3. The van der Waals surface area contributed by atoms with Crippen molar-refractivity contribution < 1.29 is 0 Å². The van der Waals surface area contributed by atoms with Crippen molar-refractivity contribution in [3.05, 3.63) is 20.8 Å². The summed E-state index contributed by atoms with van der Waals surface area (Å²) in [4.78, 5) is 3.85. The van der Waals surface area contributed by atoms with Gasteiger partial charge in [-0.15, -0.1) is 11.3 Å². The van der Waals surface area contributed by atoms with Gasteiger partial charge in [-0.3, -0.25) is 0 Å². The molecule has 0 fully saturated rings. The molecule has 0 aromatic carbocycles. The zero-order valence-corrected chi connectivity index (χ0v) is 13.2. The third-order valence-corrected chi connectivity index (χ3v) is 4.45. The van der Waals surface area contributed by atoms with Gasteiger partial charge in [-0.05, 0) is 62.0 Å². The fourth-order valence-electron chi connectivity index (χ4n) is 1.82. The molecule has 0 aliphatic rings. The van der Waals surface area contributed by atoms with Crippen LogP contribution in [0.4, 0.5) is 0 Å². The fraction of sp³-hybridized carbons (Fsp3) is 0.692. The fourth-order valence-corrected chi connectivity index (χ4v) is 3.35. The smallest absolute Gasteiger partial charge is 0.0325 e. The van der Waals surface area contributed by atoms with Crippen LogP contribution >= 0.6 is 27.3 Å². The number of hydrogen-bond acceptors (Lipinski definition) is 3. The molecule has 2 nitrogen and oxygen atoms in total. The third-order valence-electron chi connectivity index (χ3n) is 2.76. The molecule has 0 aliphatic heterocycles. The lowest BCUT2D eigenvalue weighted by Gasteiger charge is -2.15. The monoisotopic (exact) mass is 318 g/mol. The van der Waals surface area contributed by atoms with E-state index in [1.165, 1.54) is 41.6 Å². The van der Waals surface area contributed by atoms with Crippen molar-refractivity contribution in [3.8, 4) is 0 Å². The van der Waals surface area contributed by atoms with Gasteiger partial charge in [0.2, 0.25) is 0 Å². The minimum absolute atomic E-state index is 1.08. The molecule has 0 amide bonds. The highest BCUT2D eigenvalue weighted by molar-refractivity contribution is 9.10. The molecule has 0 radical (unpaired) electrons. The molecule has 1 aromatic heterocycles. The Labute approximate surface area is 118 Å². The first-order valence-electron chi connectivity index (χ1n) is 6.28. The summed E-state index contributed by atoms with van der Waals surface area (Å²) < 4.78 is 1.21. The second kappa shape index (κ2) is 9.09. The Bertz CT molecular complexity index is 301. The molecule has 17 heavy (non-hydrogen) atoms. The van der Waals surface area contributed by atoms with Crippen LogP contribution in [0.15, 0.2) is 15.9 Å². The van der Waals surface area contributed by atoms with Crippen LogP contribution < -0.4 is 5.32 Å². The van der Waals surface area contributed by atoms with Gasteiger partial charge >= 0.3 is 0 Å². The Morgan fingerprint density at radius 1 is 1.29 bits per heavy atom. The summed E-state index contributed by atoms with van der Waals surface area (Å²) in [5.41, 5.74) is 0. The number of rotatable bonds is 9. The summed E-state index contributed by atoms with van der Waals surface area (Å²) in [6.45, 7) is 3.43. The van der Waals surface area contributed by atoms with E-state index in [4.69, 9.17) is 0 Å². The summed E-state index contributed by atoms with van der Waals surface area (Å²) >= 11 is 5.33. The van der Waals surface area contributed by atoms with Crippen LogP contribution in [-0.4, -0.2) is 32.1 Å². The van der Waals surface area contributed by atoms with Crippen molar-refractivity contribution in [3.63, 3.8) is 0 Å². The van der Waals surface area contributed by atoms with E-state index in [0.29, 0.717) is 0 Å². The SMILES string of the molecule is CNCCCCCCN(C)Cc1cc(Br)cs1. The van der Waals surface area contributed by atoms with Gasteiger partial charge in [-0.1, -0.05) is 12.8 Å². The zero-order valence-electron chi connectivity index (χ0n) is 10.8. The number of halogens is 1. The number of unbranched alkanes of at least 4 members (excludes halogenated alkanes) is 3. The maximum atomic E-state index is 3.50. The van der Waals surface area contributed by atoms with Crippen molar-refractivity contribution in [1.29, 1.82) is 0 Å². The van der Waals surface area contributed by atoms with Crippen molar-refractivity contribution in [2.45, 2.75) is 32.2 Å². The van der Waals surface area contributed by atoms with Crippen molar-refractivity contribution >= 4 is 27.3 Å². The molecule has 0 spiro atoms. The molecule has 98 valence electrons. The first-order valence-corrected chi connectivity index (χ1v) is 7.95. The minimum Gasteiger partial charge on any atom is -0.320 e. The van der Waals surface area contributed by atoms with Crippen LogP contribution in [-0.2, 0) is 6.54 Å². The molecule has 1 rings (SSSR count). The van der Waals surface area contributed by atoms with E-state index in [1.807, 2.05) is 18.4 Å². The number of nitrogens with zero attached hydrogens (tertiary/aromatic N) is 1. The third kappa shape index (κ3) is 7.19. The second-order valence-electron chi connectivity index (χ2n) is 4.49. The maximum absolute atomic E-state index is 3.50. The topological polar surface area (TPSA) is 15.3 Å². The van der Waals surface area contributed by atoms with Crippen molar-refractivity contribution in [2.24, 2.45) is 0 Å². The summed E-state index contributed by atoms with van der Waals surface area (Å²) in [7, 11) is 4.23. The second-order valence-corrected chi connectivity index (χ2v) is 6.40. The highest BCUT2D eigenvalue weighted by Crippen LogP contribution is 2.20. The van der Waals surface area contributed by atoms with Gasteiger partial charge in [0.15, 0.2) is 0 Å². The van der Waals surface area contributed by atoms with E-state index >= 15 is 0 Å². The highest BCUT2D eigenvalue weighted by Gasteiger charge is 2.02. The van der Waals surface area contributed by atoms with Crippen molar-refractivity contribution in [2.75, 3.05) is 27.2 Å². The van der Waals surface area contributed by atoms with E-state index < -0.39 is 0 Å². The van der Waals surface area contributed by atoms with Gasteiger partial charge in [0.05, 0.1) is 0 Å². The average molecular weight is 319 g/mol. The van der Waals surface area contributed by atoms with E-state index in [9.17, 15) is 0 Å². The van der Waals surface area contributed by atoms with Gasteiger partial charge in [-0.2, -0.15) is 0 Å². The average Bonchev–Trinajstić information content (AvgIpc) is 2.69. The van der Waals surface area contributed by atoms with Crippen molar-refractivity contribution in [1.82, 2.24) is 10.2 Å². The van der Waals surface area contributed by atoms with Gasteiger partial charge in [-0.25, -0.2) is 0 Å². The predicted octanol–water partition coefficient (Wildman–Crippen LogP) is 3.72. The molecule has 0 atom stereocenters. The first-order chi connectivity index (χ1) is 8.22. The normalized spacial score (nSPS) is 11.3. The molecular weight excluding hydrogens is 296 g/mol. The van der Waals surface area contributed by atoms with E-state index in [2.05, 4.69) is 44.6 Å². The van der Waals surface area contributed by atoms with Gasteiger partial charge in [0.25, 0.3) is 0 Å². The number of nitrogens with one attached hydrogen (secondary N) is 1. The van der Waals surface area contributed by atoms with Crippen LogP contribution in [0.2, 0.25) is 0 Å². The minimum atomic E-state index is 1.08. The molecule has 0 saturated heterocycles. The number of thiophene rings is 1. The lowest BCUT2D eigenvalue weighted by molar-refractivity contribution is 0.319. The summed E-state index contributed by atoms with van der Waals surface area (Å²) in [5, 5.41) is 5.34. The highest BCUT2D eigenvalue weighted by atomic mass is 79.9. The van der Waals surface area contributed by atoms with Gasteiger partial charge in [0.1, 0.15) is 0 Å². The molecule has 0 aliphatic carbocycles. The molecule has 0 saturated carbocycles. The van der Waals surface area contributed by atoms with Crippen LogP contribution in [0.1, 0.15) is 30.6 Å². The molecule has 1 N–H and O–H groups in total.